The van der Waals surface area contributed by atoms with Crippen molar-refractivity contribution in [2.24, 2.45) is 0 Å². The second-order valence-corrected chi connectivity index (χ2v) is 12.7. The number of carbonyl (C=O) groups is 2. The van der Waals surface area contributed by atoms with Gasteiger partial charge in [0.05, 0.1) is 11.9 Å². The van der Waals surface area contributed by atoms with E-state index in [0.717, 1.165) is 16.1 Å². The minimum absolute atomic E-state index is 0.0482. The third-order valence-corrected chi connectivity index (χ3v) is 8.37. The predicted octanol–water partition coefficient (Wildman–Crippen LogP) is 5.97. The van der Waals surface area contributed by atoms with Gasteiger partial charge in [-0.05, 0) is 54.8 Å². The van der Waals surface area contributed by atoms with E-state index in [2.05, 4.69) is 5.32 Å². The molecule has 0 saturated carbocycles. The summed E-state index contributed by atoms with van der Waals surface area (Å²) in [7, 11) is -3.89. The van der Waals surface area contributed by atoms with Gasteiger partial charge in [-0.1, -0.05) is 84.2 Å². The van der Waals surface area contributed by atoms with E-state index in [4.69, 9.17) is 34.8 Å². The van der Waals surface area contributed by atoms with Gasteiger partial charge in [0.25, 0.3) is 0 Å². The van der Waals surface area contributed by atoms with Crippen molar-refractivity contribution in [3.8, 4) is 0 Å². The first-order valence-corrected chi connectivity index (χ1v) is 15.7. The Bertz CT molecular complexity index is 1440. The maximum Gasteiger partial charge on any atom is 0.244 e. The quantitative estimate of drug-likeness (QED) is 0.269. The van der Waals surface area contributed by atoms with Crippen LogP contribution in [-0.4, -0.2) is 50.0 Å². The molecule has 11 heteroatoms. The van der Waals surface area contributed by atoms with Crippen LogP contribution in [0.3, 0.4) is 0 Å². The summed E-state index contributed by atoms with van der Waals surface area (Å²) < 4.78 is 26.6. The van der Waals surface area contributed by atoms with Crippen molar-refractivity contribution in [1.82, 2.24) is 10.2 Å². The molecule has 0 aromatic heterocycles. The second-order valence-electron chi connectivity index (χ2n) is 9.53. The van der Waals surface area contributed by atoms with Crippen LogP contribution in [-0.2, 0) is 32.6 Å². The van der Waals surface area contributed by atoms with Crippen LogP contribution in [0.15, 0.2) is 72.8 Å². The highest BCUT2D eigenvalue weighted by Gasteiger charge is 2.33. The van der Waals surface area contributed by atoms with Crippen LogP contribution in [0.4, 0.5) is 5.69 Å². The molecule has 0 aliphatic rings. The molecule has 1 N–H and O–H groups in total. The van der Waals surface area contributed by atoms with E-state index in [0.29, 0.717) is 27.1 Å². The Morgan fingerprint density at radius 3 is 2.20 bits per heavy atom. The summed E-state index contributed by atoms with van der Waals surface area (Å²) in [5.41, 5.74) is 1.63. The summed E-state index contributed by atoms with van der Waals surface area (Å²) in [5.74, 6) is -0.943. The number of hydrogen-bond acceptors (Lipinski definition) is 4. The molecule has 3 rings (SSSR count). The summed E-state index contributed by atoms with van der Waals surface area (Å²) in [4.78, 5) is 29.1. The number of anilines is 1. The highest BCUT2D eigenvalue weighted by atomic mass is 35.5. The van der Waals surface area contributed by atoms with Crippen LogP contribution in [0.1, 0.15) is 31.4 Å². The first-order valence-electron chi connectivity index (χ1n) is 12.7. The molecule has 2 amide bonds. The van der Waals surface area contributed by atoms with Crippen LogP contribution >= 0.6 is 34.8 Å². The van der Waals surface area contributed by atoms with Gasteiger partial charge in [0.15, 0.2) is 0 Å². The third kappa shape index (κ3) is 8.86. The molecule has 0 radical (unpaired) electrons. The third-order valence-electron chi connectivity index (χ3n) is 6.40. The fourth-order valence-corrected chi connectivity index (χ4v) is 5.57. The summed E-state index contributed by atoms with van der Waals surface area (Å²) in [6.45, 7) is 3.23. The number of amides is 2. The largest absolute Gasteiger partial charge is 0.352 e. The summed E-state index contributed by atoms with van der Waals surface area (Å²) >= 11 is 18.7. The van der Waals surface area contributed by atoms with Gasteiger partial charge < -0.3 is 10.2 Å². The number of sulfonamides is 1. The zero-order valence-electron chi connectivity index (χ0n) is 22.5. The van der Waals surface area contributed by atoms with E-state index in [1.165, 1.54) is 11.0 Å². The van der Waals surface area contributed by atoms with Crippen LogP contribution in [0.2, 0.25) is 15.1 Å². The van der Waals surface area contributed by atoms with Gasteiger partial charge >= 0.3 is 0 Å². The lowest BCUT2D eigenvalue weighted by molar-refractivity contribution is -0.140. The Morgan fingerprint density at radius 1 is 0.925 bits per heavy atom. The summed E-state index contributed by atoms with van der Waals surface area (Å²) in [6, 6.07) is 19.3. The lowest BCUT2D eigenvalue weighted by Gasteiger charge is -2.34. The van der Waals surface area contributed by atoms with Gasteiger partial charge in [0, 0.05) is 34.1 Å². The van der Waals surface area contributed by atoms with Crippen molar-refractivity contribution >= 4 is 62.3 Å². The van der Waals surface area contributed by atoms with E-state index < -0.39 is 28.5 Å². The molecule has 3 aromatic carbocycles. The van der Waals surface area contributed by atoms with Crippen molar-refractivity contribution in [3.63, 3.8) is 0 Å². The molecule has 0 heterocycles. The molecular formula is C29H32Cl3N3O4S. The van der Waals surface area contributed by atoms with Crippen LogP contribution in [0.25, 0.3) is 0 Å². The van der Waals surface area contributed by atoms with Crippen LogP contribution in [0, 0.1) is 0 Å². The van der Waals surface area contributed by atoms with Crippen molar-refractivity contribution in [3.05, 3.63) is 99.0 Å². The normalized spacial score (nSPS) is 12.8. The van der Waals surface area contributed by atoms with Gasteiger partial charge in [0.2, 0.25) is 21.8 Å². The Labute approximate surface area is 251 Å². The Morgan fingerprint density at radius 2 is 1.60 bits per heavy atom. The Balaban J connectivity index is 2.09. The highest BCUT2D eigenvalue weighted by Crippen LogP contribution is 2.26. The number of nitrogens with zero attached hydrogens (tertiary/aromatic N) is 2. The first-order chi connectivity index (χ1) is 18.9. The van der Waals surface area contributed by atoms with Gasteiger partial charge in [-0.2, -0.15) is 0 Å². The molecule has 0 spiro atoms. The van der Waals surface area contributed by atoms with Crippen LogP contribution in [0.5, 0.6) is 0 Å². The zero-order valence-corrected chi connectivity index (χ0v) is 25.6. The van der Waals surface area contributed by atoms with E-state index in [9.17, 15) is 18.0 Å². The fraction of sp³-hybridized carbons (Fsp3) is 0.310. The van der Waals surface area contributed by atoms with Crippen molar-refractivity contribution in [2.75, 3.05) is 17.1 Å². The maximum atomic E-state index is 14.1. The van der Waals surface area contributed by atoms with Crippen molar-refractivity contribution in [1.29, 1.82) is 0 Å². The topological polar surface area (TPSA) is 86.8 Å². The molecule has 0 aliphatic heterocycles. The van der Waals surface area contributed by atoms with Gasteiger partial charge in [0.1, 0.15) is 12.6 Å². The predicted molar refractivity (Wildman–Crippen MR) is 162 cm³/mol. The Hall–Kier alpha value is -2.78. The molecule has 3 aromatic rings. The van der Waals surface area contributed by atoms with E-state index in [-0.39, 0.29) is 30.6 Å². The molecule has 0 fully saturated rings. The SMILES string of the molecule is CCC(C)NC(=O)C(Cc1ccccc1)N(Cc1ccc(Cl)cc1Cl)C(=O)CN(c1cccc(Cl)c1)S(C)(=O)=O. The van der Waals surface area contributed by atoms with Crippen LogP contribution < -0.4 is 9.62 Å². The molecular weight excluding hydrogens is 593 g/mol. The molecule has 0 saturated heterocycles. The first kappa shape index (κ1) is 31.7. The van der Waals surface area contributed by atoms with E-state index >= 15 is 0 Å². The molecule has 0 bridgehead atoms. The number of nitrogens with one attached hydrogen (secondary N) is 1. The molecule has 7 nitrogen and oxygen atoms in total. The second kappa shape index (κ2) is 14.2. The number of carbonyl (C=O) groups excluding carboxylic acids is 2. The van der Waals surface area contributed by atoms with Gasteiger partial charge in [-0.25, -0.2) is 8.42 Å². The Kier molecular flexibility index (Phi) is 11.3. The minimum atomic E-state index is -3.89. The lowest BCUT2D eigenvalue weighted by Crippen LogP contribution is -2.54. The average Bonchev–Trinajstić information content (AvgIpc) is 2.90. The van der Waals surface area contributed by atoms with Crippen molar-refractivity contribution < 1.29 is 18.0 Å². The summed E-state index contributed by atoms with van der Waals surface area (Å²) in [6.07, 6.45) is 1.91. The molecule has 214 valence electrons. The molecule has 40 heavy (non-hydrogen) atoms. The lowest BCUT2D eigenvalue weighted by atomic mass is 10.0. The van der Waals surface area contributed by atoms with Crippen molar-refractivity contribution in [2.45, 2.75) is 45.3 Å². The number of hydrogen-bond donors (Lipinski definition) is 1. The number of halogens is 3. The van der Waals surface area contributed by atoms with E-state index in [1.807, 2.05) is 44.2 Å². The molecule has 2 atom stereocenters. The molecule has 0 aliphatic carbocycles. The van der Waals surface area contributed by atoms with Gasteiger partial charge in [-0.3, -0.25) is 13.9 Å². The average molecular weight is 625 g/mol. The standard InChI is InChI=1S/C29H32Cl3N3O4S/c1-4-20(2)33-29(37)27(15-21-9-6-5-7-10-21)34(18-22-13-14-24(31)17-26(22)32)28(36)19-35(40(3,38)39)25-12-8-11-23(30)16-25/h5-14,16-17,20,27H,4,15,18-19H2,1-3H3,(H,33,37). The summed E-state index contributed by atoms with van der Waals surface area (Å²) in [5, 5.41) is 4.04. The maximum absolute atomic E-state index is 14.1. The monoisotopic (exact) mass is 623 g/mol. The number of rotatable bonds is 12. The number of benzene rings is 3. The smallest absolute Gasteiger partial charge is 0.244 e. The molecule has 2 unspecified atom stereocenters. The minimum Gasteiger partial charge on any atom is -0.352 e. The highest BCUT2D eigenvalue weighted by molar-refractivity contribution is 7.92. The zero-order chi connectivity index (χ0) is 29.4. The van der Waals surface area contributed by atoms with Gasteiger partial charge in [-0.15, -0.1) is 0 Å². The fourth-order valence-electron chi connectivity index (χ4n) is 4.07. The van der Waals surface area contributed by atoms with E-state index in [1.54, 1.807) is 36.4 Å².